The number of rotatable bonds is 3. The van der Waals surface area contributed by atoms with Crippen molar-refractivity contribution in [3.05, 3.63) is 35.5 Å². The third-order valence-electron chi connectivity index (χ3n) is 3.31. The lowest BCUT2D eigenvalue weighted by Crippen LogP contribution is -2.13. The van der Waals surface area contributed by atoms with Crippen LogP contribution in [0.1, 0.15) is 25.7 Å². The second kappa shape index (κ2) is 5.06. The van der Waals surface area contributed by atoms with Crippen LogP contribution in [0, 0.1) is 5.82 Å². The number of hydrogen-bond donors (Lipinski definition) is 1. The minimum Gasteiger partial charge on any atom is -0.359 e. The SMILES string of the molecule is Fc1cccc(-c2csc(NC3CCCC3)n2)c1. The summed E-state index contributed by atoms with van der Waals surface area (Å²) >= 11 is 1.59. The molecule has 0 atom stereocenters. The monoisotopic (exact) mass is 262 g/mol. The van der Waals surface area contributed by atoms with Gasteiger partial charge in [-0.05, 0) is 25.0 Å². The lowest BCUT2D eigenvalue weighted by molar-refractivity contribution is 0.628. The molecule has 2 aromatic rings. The summed E-state index contributed by atoms with van der Waals surface area (Å²) in [5, 5.41) is 6.38. The largest absolute Gasteiger partial charge is 0.359 e. The number of nitrogens with one attached hydrogen (secondary N) is 1. The number of anilines is 1. The fourth-order valence-electron chi connectivity index (χ4n) is 2.37. The molecular weight excluding hydrogens is 247 g/mol. The lowest BCUT2D eigenvalue weighted by Gasteiger charge is -2.09. The average Bonchev–Trinajstić information content (AvgIpc) is 3.01. The molecule has 1 saturated carbocycles. The fraction of sp³-hybridized carbons (Fsp3) is 0.357. The van der Waals surface area contributed by atoms with Crippen molar-refractivity contribution >= 4 is 16.5 Å². The van der Waals surface area contributed by atoms with Gasteiger partial charge in [0.15, 0.2) is 5.13 Å². The van der Waals surface area contributed by atoms with E-state index in [-0.39, 0.29) is 5.82 Å². The molecule has 1 N–H and O–H groups in total. The van der Waals surface area contributed by atoms with Gasteiger partial charge in [-0.15, -0.1) is 11.3 Å². The molecule has 0 saturated heterocycles. The number of nitrogens with zero attached hydrogens (tertiary/aromatic N) is 1. The highest BCUT2D eigenvalue weighted by molar-refractivity contribution is 7.14. The Kier molecular flexibility index (Phi) is 3.28. The maximum Gasteiger partial charge on any atom is 0.183 e. The Morgan fingerprint density at radius 3 is 2.89 bits per heavy atom. The Morgan fingerprint density at radius 2 is 2.11 bits per heavy atom. The predicted octanol–water partition coefficient (Wildman–Crippen LogP) is 4.30. The van der Waals surface area contributed by atoms with E-state index in [0.717, 1.165) is 16.4 Å². The van der Waals surface area contributed by atoms with Crippen LogP contribution in [0.3, 0.4) is 0 Å². The zero-order chi connectivity index (χ0) is 12.4. The summed E-state index contributed by atoms with van der Waals surface area (Å²) < 4.78 is 13.1. The third-order valence-corrected chi connectivity index (χ3v) is 4.08. The van der Waals surface area contributed by atoms with Crippen LogP contribution in [0.5, 0.6) is 0 Å². The fourth-order valence-corrected chi connectivity index (χ4v) is 3.16. The van der Waals surface area contributed by atoms with Crippen LogP contribution in [-0.2, 0) is 0 Å². The second-order valence-electron chi connectivity index (χ2n) is 4.67. The van der Waals surface area contributed by atoms with Gasteiger partial charge >= 0.3 is 0 Å². The molecule has 0 amide bonds. The van der Waals surface area contributed by atoms with Crippen LogP contribution in [0.15, 0.2) is 29.6 Å². The van der Waals surface area contributed by atoms with E-state index in [1.165, 1.54) is 37.8 Å². The van der Waals surface area contributed by atoms with Gasteiger partial charge in [-0.3, -0.25) is 0 Å². The Balaban J connectivity index is 1.76. The van der Waals surface area contributed by atoms with E-state index >= 15 is 0 Å². The molecule has 3 rings (SSSR count). The number of benzene rings is 1. The van der Waals surface area contributed by atoms with Gasteiger partial charge in [0.25, 0.3) is 0 Å². The molecule has 1 aromatic carbocycles. The highest BCUT2D eigenvalue weighted by Crippen LogP contribution is 2.28. The molecule has 0 unspecified atom stereocenters. The molecule has 18 heavy (non-hydrogen) atoms. The molecule has 4 heteroatoms. The summed E-state index contributed by atoms with van der Waals surface area (Å²) in [7, 11) is 0. The van der Waals surface area contributed by atoms with Crippen LogP contribution in [0.2, 0.25) is 0 Å². The first-order valence-corrected chi connectivity index (χ1v) is 7.17. The molecule has 1 fully saturated rings. The first-order valence-electron chi connectivity index (χ1n) is 6.29. The van der Waals surface area contributed by atoms with E-state index in [1.54, 1.807) is 17.4 Å². The predicted molar refractivity (Wildman–Crippen MR) is 73.4 cm³/mol. The number of aromatic nitrogens is 1. The van der Waals surface area contributed by atoms with Crippen molar-refractivity contribution < 1.29 is 4.39 Å². The molecule has 0 spiro atoms. The maximum atomic E-state index is 13.1. The van der Waals surface area contributed by atoms with Crippen LogP contribution < -0.4 is 5.32 Å². The zero-order valence-electron chi connectivity index (χ0n) is 10.0. The van der Waals surface area contributed by atoms with Gasteiger partial charge in [-0.1, -0.05) is 25.0 Å². The normalized spacial score (nSPS) is 16.1. The van der Waals surface area contributed by atoms with Crippen LogP contribution >= 0.6 is 11.3 Å². The zero-order valence-corrected chi connectivity index (χ0v) is 10.8. The summed E-state index contributed by atoms with van der Waals surface area (Å²) in [6.45, 7) is 0. The van der Waals surface area contributed by atoms with Crippen molar-refractivity contribution in [1.82, 2.24) is 4.98 Å². The smallest absolute Gasteiger partial charge is 0.183 e. The van der Waals surface area contributed by atoms with E-state index in [4.69, 9.17) is 0 Å². The molecule has 2 nitrogen and oxygen atoms in total. The van der Waals surface area contributed by atoms with Gasteiger partial charge in [0, 0.05) is 17.0 Å². The summed E-state index contributed by atoms with van der Waals surface area (Å²) in [5.41, 5.74) is 1.69. The molecule has 0 radical (unpaired) electrons. The molecule has 1 aliphatic carbocycles. The quantitative estimate of drug-likeness (QED) is 0.891. The maximum absolute atomic E-state index is 13.1. The Bertz CT molecular complexity index is 532. The minimum atomic E-state index is -0.217. The van der Waals surface area contributed by atoms with Gasteiger partial charge in [-0.25, -0.2) is 9.37 Å². The molecule has 1 aromatic heterocycles. The molecule has 0 bridgehead atoms. The van der Waals surface area contributed by atoms with Gasteiger partial charge in [0.2, 0.25) is 0 Å². The topological polar surface area (TPSA) is 24.9 Å². The molecule has 94 valence electrons. The van der Waals surface area contributed by atoms with E-state index in [9.17, 15) is 4.39 Å². The van der Waals surface area contributed by atoms with Crippen LogP contribution in [0.4, 0.5) is 9.52 Å². The first kappa shape index (κ1) is 11.7. The van der Waals surface area contributed by atoms with E-state index < -0.39 is 0 Å². The van der Waals surface area contributed by atoms with Crippen molar-refractivity contribution in [2.45, 2.75) is 31.7 Å². The highest BCUT2D eigenvalue weighted by atomic mass is 32.1. The summed E-state index contributed by atoms with van der Waals surface area (Å²) in [6.07, 6.45) is 5.07. The van der Waals surface area contributed by atoms with Crippen molar-refractivity contribution in [2.24, 2.45) is 0 Å². The van der Waals surface area contributed by atoms with Gasteiger partial charge in [0.05, 0.1) is 5.69 Å². The molecule has 1 heterocycles. The van der Waals surface area contributed by atoms with Crippen molar-refractivity contribution in [2.75, 3.05) is 5.32 Å². The van der Waals surface area contributed by atoms with E-state index in [2.05, 4.69) is 10.3 Å². The van der Waals surface area contributed by atoms with Gasteiger partial charge in [-0.2, -0.15) is 0 Å². The Hall–Kier alpha value is -1.42. The van der Waals surface area contributed by atoms with Crippen molar-refractivity contribution in [1.29, 1.82) is 0 Å². The molecule has 0 aliphatic heterocycles. The first-order chi connectivity index (χ1) is 8.81. The number of halogens is 1. The van der Waals surface area contributed by atoms with E-state index in [0.29, 0.717) is 6.04 Å². The Labute approximate surface area is 110 Å². The van der Waals surface area contributed by atoms with Crippen molar-refractivity contribution in [3.63, 3.8) is 0 Å². The lowest BCUT2D eigenvalue weighted by atomic mass is 10.2. The minimum absolute atomic E-state index is 0.217. The summed E-state index contributed by atoms with van der Waals surface area (Å²) in [5.74, 6) is -0.217. The average molecular weight is 262 g/mol. The number of thiazole rings is 1. The Morgan fingerprint density at radius 1 is 1.28 bits per heavy atom. The van der Waals surface area contributed by atoms with Gasteiger partial charge in [0.1, 0.15) is 5.82 Å². The third kappa shape index (κ3) is 2.53. The molecular formula is C14H15FN2S. The second-order valence-corrected chi connectivity index (χ2v) is 5.53. The van der Waals surface area contributed by atoms with Crippen LogP contribution in [-0.4, -0.2) is 11.0 Å². The van der Waals surface area contributed by atoms with E-state index in [1.807, 2.05) is 11.4 Å². The number of hydrogen-bond acceptors (Lipinski definition) is 3. The van der Waals surface area contributed by atoms with Gasteiger partial charge < -0.3 is 5.32 Å². The summed E-state index contributed by atoms with van der Waals surface area (Å²) in [6, 6.07) is 7.14. The highest BCUT2D eigenvalue weighted by Gasteiger charge is 2.16. The molecule has 1 aliphatic rings. The summed E-state index contributed by atoms with van der Waals surface area (Å²) in [4.78, 5) is 4.53. The standard InChI is InChI=1S/C14H15FN2S/c15-11-5-3-4-10(8-11)13-9-18-14(17-13)16-12-6-1-2-7-12/h3-5,8-9,12H,1-2,6-7H2,(H,16,17). The van der Waals surface area contributed by atoms with Crippen molar-refractivity contribution in [3.8, 4) is 11.3 Å². The van der Waals surface area contributed by atoms with Crippen LogP contribution in [0.25, 0.3) is 11.3 Å².